The number of halogens is 1. The summed E-state index contributed by atoms with van der Waals surface area (Å²) in [5.74, 6) is -0.303. The fraction of sp³-hybridized carbons (Fsp3) is 0.304. The van der Waals surface area contributed by atoms with E-state index in [4.69, 9.17) is 0 Å². The standard InChI is InChI=1S/C23H22BrN3O2/c1-13(2)21(28)27-11-10-16-15-6-4-5-7-18(15)25-20(16)23(27)17-12-14(24)8-9-19(17)26(3)22(23)29/h4-9,12-13,25H,10-11H2,1-3H3. The van der Waals surface area contributed by atoms with E-state index in [0.29, 0.717) is 6.54 Å². The Morgan fingerprint density at radius 3 is 2.72 bits per heavy atom. The predicted octanol–water partition coefficient (Wildman–Crippen LogP) is 4.19. The molecule has 148 valence electrons. The van der Waals surface area contributed by atoms with Crippen molar-refractivity contribution in [2.75, 3.05) is 18.5 Å². The van der Waals surface area contributed by atoms with Crippen molar-refractivity contribution in [1.82, 2.24) is 9.88 Å². The zero-order valence-electron chi connectivity index (χ0n) is 16.6. The molecule has 6 heteroatoms. The first kappa shape index (κ1) is 18.4. The number of anilines is 1. The normalized spacial score (nSPS) is 20.7. The summed E-state index contributed by atoms with van der Waals surface area (Å²) in [6, 6.07) is 14.0. The zero-order chi connectivity index (χ0) is 20.5. The van der Waals surface area contributed by atoms with Gasteiger partial charge >= 0.3 is 0 Å². The van der Waals surface area contributed by atoms with Gasteiger partial charge < -0.3 is 14.8 Å². The maximum Gasteiger partial charge on any atom is 0.263 e. The molecule has 1 atom stereocenters. The van der Waals surface area contributed by atoms with E-state index in [1.807, 2.05) is 50.2 Å². The maximum atomic E-state index is 13.9. The molecule has 2 aliphatic rings. The van der Waals surface area contributed by atoms with Crippen LogP contribution in [0.5, 0.6) is 0 Å². The maximum absolute atomic E-state index is 13.9. The summed E-state index contributed by atoms with van der Waals surface area (Å²) >= 11 is 3.57. The second-order valence-corrected chi connectivity index (χ2v) is 9.07. The number of para-hydroxylation sites is 1. The number of aromatic nitrogens is 1. The molecular formula is C23H22BrN3O2. The smallest absolute Gasteiger partial charge is 0.263 e. The SMILES string of the molecule is CC(C)C(=O)N1CCc2c([nH]c3ccccc23)C12C(=O)N(C)c1ccc(Br)cc12. The van der Waals surface area contributed by atoms with E-state index in [1.165, 1.54) is 0 Å². The number of nitrogens with one attached hydrogen (secondary N) is 1. The van der Waals surface area contributed by atoms with E-state index >= 15 is 0 Å². The van der Waals surface area contributed by atoms with E-state index in [-0.39, 0.29) is 17.7 Å². The lowest BCUT2D eigenvalue weighted by atomic mass is 9.79. The largest absolute Gasteiger partial charge is 0.355 e. The summed E-state index contributed by atoms with van der Waals surface area (Å²) in [5, 5.41) is 1.12. The molecule has 3 aromatic rings. The molecule has 2 aliphatic heterocycles. The summed E-state index contributed by atoms with van der Waals surface area (Å²) in [6.07, 6.45) is 0.722. The van der Waals surface area contributed by atoms with Crippen molar-refractivity contribution < 1.29 is 9.59 Å². The lowest BCUT2D eigenvalue weighted by molar-refractivity contribution is -0.147. The number of rotatable bonds is 1. The predicted molar refractivity (Wildman–Crippen MR) is 117 cm³/mol. The molecule has 5 rings (SSSR count). The molecular weight excluding hydrogens is 430 g/mol. The van der Waals surface area contributed by atoms with Crippen LogP contribution in [0.1, 0.15) is 30.7 Å². The monoisotopic (exact) mass is 451 g/mol. The molecule has 0 fully saturated rings. The lowest BCUT2D eigenvalue weighted by Crippen LogP contribution is -2.59. The number of amides is 2. The molecule has 0 radical (unpaired) electrons. The third kappa shape index (κ3) is 2.26. The van der Waals surface area contributed by atoms with Crippen LogP contribution >= 0.6 is 15.9 Å². The van der Waals surface area contributed by atoms with Crippen LogP contribution in [0, 0.1) is 5.92 Å². The number of carbonyl (C=O) groups is 2. The van der Waals surface area contributed by atoms with E-state index in [0.717, 1.165) is 44.3 Å². The topological polar surface area (TPSA) is 56.4 Å². The Labute approximate surface area is 177 Å². The third-order valence-corrected chi connectivity index (χ3v) is 6.74. The van der Waals surface area contributed by atoms with Gasteiger partial charge in [0.2, 0.25) is 5.91 Å². The minimum atomic E-state index is -1.16. The molecule has 0 saturated carbocycles. The zero-order valence-corrected chi connectivity index (χ0v) is 18.2. The van der Waals surface area contributed by atoms with Crippen molar-refractivity contribution in [3.8, 4) is 0 Å². The lowest BCUT2D eigenvalue weighted by Gasteiger charge is -2.44. The van der Waals surface area contributed by atoms with Crippen molar-refractivity contribution in [3.63, 3.8) is 0 Å². The first-order valence-electron chi connectivity index (χ1n) is 9.87. The Hall–Kier alpha value is -2.60. The van der Waals surface area contributed by atoms with Crippen LogP contribution in [0.15, 0.2) is 46.9 Å². The van der Waals surface area contributed by atoms with Gasteiger partial charge in [0.05, 0.1) is 5.69 Å². The molecule has 1 unspecified atom stereocenters. The van der Waals surface area contributed by atoms with Gasteiger partial charge in [0, 0.05) is 46.1 Å². The molecule has 0 aliphatic carbocycles. The molecule has 1 aromatic heterocycles. The van der Waals surface area contributed by atoms with Gasteiger partial charge in [0.15, 0.2) is 5.54 Å². The molecule has 2 amide bonds. The number of carbonyl (C=O) groups excluding carboxylic acids is 2. The fourth-order valence-corrected chi connectivity index (χ4v) is 5.30. The average Bonchev–Trinajstić information content (AvgIpc) is 3.18. The van der Waals surface area contributed by atoms with E-state index in [2.05, 4.69) is 27.0 Å². The second kappa shape index (κ2) is 6.20. The quantitative estimate of drug-likeness (QED) is 0.602. The molecule has 29 heavy (non-hydrogen) atoms. The molecule has 1 spiro atoms. The van der Waals surface area contributed by atoms with Crippen molar-refractivity contribution in [2.45, 2.75) is 25.8 Å². The second-order valence-electron chi connectivity index (χ2n) is 8.15. The highest BCUT2D eigenvalue weighted by Gasteiger charge is 2.60. The van der Waals surface area contributed by atoms with E-state index < -0.39 is 5.54 Å². The highest BCUT2D eigenvalue weighted by Crippen LogP contribution is 2.52. The fourth-order valence-electron chi connectivity index (χ4n) is 4.94. The van der Waals surface area contributed by atoms with Crippen molar-refractivity contribution in [2.24, 2.45) is 5.92 Å². The number of nitrogens with zero attached hydrogens (tertiary/aromatic N) is 2. The van der Waals surface area contributed by atoms with E-state index in [9.17, 15) is 9.59 Å². The number of H-pyrrole nitrogens is 1. The van der Waals surface area contributed by atoms with Crippen molar-refractivity contribution in [3.05, 3.63) is 63.8 Å². The summed E-state index contributed by atoms with van der Waals surface area (Å²) < 4.78 is 0.888. The van der Waals surface area contributed by atoms with Crippen LogP contribution < -0.4 is 4.90 Å². The average molecular weight is 452 g/mol. The minimum Gasteiger partial charge on any atom is -0.355 e. The number of aromatic amines is 1. The minimum absolute atomic E-state index is 0.0103. The van der Waals surface area contributed by atoms with Gasteiger partial charge in [-0.3, -0.25) is 9.59 Å². The Bertz CT molecular complexity index is 1180. The van der Waals surface area contributed by atoms with Crippen LogP contribution in [0.2, 0.25) is 0 Å². The van der Waals surface area contributed by atoms with Gasteiger partial charge in [-0.25, -0.2) is 0 Å². The number of fused-ring (bicyclic) bond motifs is 6. The Balaban J connectivity index is 1.90. The van der Waals surface area contributed by atoms with Crippen LogP contribution in [-0.2, 0) is 21.5 Å². The van der Waals surface area contributed by atoms with Gasteiger partial charge in [0.25, 0.3) is 5.91 Å². The molecule has 5 nitrogen and oxygen atoms in total. The highest BCUT2D eigenvalue weighted by atomic mass is 79.9. The molecule has 0 bridgehead atoms. The molecule has 2 aromatic carbocycles. The van der Waals surface area contributed by atoms with E-state index in [1.54, 1.807) is 16.8 Å². The summed E-state index contributed by atoms with van der Waals surface area (Å²) in [7, 11) is 1.79. The number of hydrogen-bond acceptors (Lipinski definition) is 2. The number of likely N-dealkylation sites (N-methyl/N-ethyl adjacent to an activating group) is 1. The number of hydrogen-bond donors (Lipinski definition) is 1. The Kier molecular flexibility index (Phi) is 3.94. The van der Waals surface area contributed by atoms with Gasteiger partial charge in [-0.2, -0.15) is 0 Å². The van der Waals surface area contributed by atoms with Crippen LogP contribution in [0.25, 0.3) is 10.9 Å². The first-order valence-corrected chi connectivity index (χ1v) is 10.7. The van der Waals surface area contributed by atoms with Gasteiger partial charge in [-0.1, -0.05) is 48.0 Å². The van der Waals surface area contributed by atoms with Crippen LogP contribution in [0.3, 0.4) is 0 Å². The third-order valence-electron chi connectivity index (χ3n) is 6.25. The Morgan fingerprint density at radius 2 is 1.97 bits per heavy atom. The van der Waals surface area contributed by atoms with Crippen molar-refractivity contribution >= 4 is 44.3 Å². The Morgan fingerprint density at radius 1 is 1.21 bits per heavy atom. The van der Waals surface area contributed by atoms with Crippen molar-refractivity contribution in [1.29, 1.82) is 0 Å². The van der Waals surface area contributed by atoms with Gasteiger partial charge in [-0.05, 0) is 36.2 Å². The van der Waals surface area contributed by atoms with Crippen LogP contribution in [0.4, 0.5) is 5.69 Å². The molecule has 3 heterocycles. The summed E-state index contributed by atoms with van der Waals surface area (Å²) in [5.41, 5.74) is 3.47. The van der Waals surface area contributed by atoms with Crippen LogP contribution in [-0.4, -0.2) is 35.3 Å². The van der Waals surface area contributed by atoms with Gasteiger partial charge in [-0.15, -0.1) is 0 Å². The van der Waals surface area contributed by atoms with Gasteiger partial charge in [0.1, 0.15) is 0 Å². The summed E-state index contributed by atoms with van der Waals surface area (Å²) in [6.45, 7) is 4.29. The summed E-state index contributed by atoms with van der Waals surface area (Å²) in [4.78, 5) is 34.3. The highest BCUT2D eigenvalue weighted by molar-refractivity contribution is 9.10. The molecule has 0 saturated heterocycles. The first-order chi connectivity index (χ1) is 13.9. The number of benzene rings is 2. The molecule has 1 N–H and O–H groups in total.